The molecule has 2 aromatic rings. The van der Waals surface area contributed by atoms with E-state index >= 15 is 0 Å². The highest BCUT2D eigenvalue weighted by Gasteiger charge is 2.43. The van der Waals surface area contributed by atoms with Gasteiger partial charge in [0.2, 0.25) is 5.91 Å². The third kappa shape index (κ3) is 4.77. The van der Waals surface area contributed by atoms with Crippen LogP contribution in [-0.2, 0) is 4.79 Å². The summed E-state index contributed by atoms with van der Waals surface area (Å²) in [4.78, 5) is 14.5. The number of rotatable bonds is 8. The monoisotopic (exact) mass is 416 g/mol. The van der Waals surface area contributed by atoms with Crippen LogP contribution in [0.25, 0.3) is 5.69 Å². The van der Waals surface area contributed by atoms with Crippen molar-refractivity contribution in [2.75, 3.05) is 19.8 Å². The molecule has 29 heavy (non-hydrogen) atoms. The first-order chi connectivity index (χ1) is 13.7. The van der Waals surface area contributed by atoms with E-state index in [-0.39, 0.29) is 29.4 Å². The van der Waals surface area contributed by atoms with Crippen LogP contribution in [0.5, 0.6) is 0 Å². The SMILES string of the molecule is C[C@H](c1nnc(SCC(=O)N[C@](C)(C#N)C2CC2)n1-c1ccc(F)cc1)N(C)C. The third-order valence-electron chi connectivity index (χ3n) is 5.25. The molecule has 154 valence electrons. The molecule has 0 radical (unpaired) electrons. The number of nitriles is 1. The molecule has 1 N–H and O–H groups in total. The molecule has 1 aliphatic carbocycles. The van der Waals surface area contributed by atoms with Crippen LogP contribution in [-0.4, -0.2) is 51.0 Å². The molecule has 2 atom stereocenters. The molecule has 0 unspecified atom stereocenters. The molecule has 1 heterocycles. The van der Waals surface area contributed by atoms with E-state index in [0.717, 1.165) is 18.5 Å². The summed E-state index contributed by atoms with van der Waals surface area (Å²) in [7, 11) is 3.88. The standard InChI is InChI=1S/C20H25FN6OS/c1-13(26(3)4)18-24-25-19(27(18)16-9-7-15(21)8-10-16)29-11-17(28)23-20(2,12-22)14-5-6-14/h7-10,13-14H,5-6,11H2,1-4H3,(H,23,28)/t13-,20-/m1/s1. The van der Waals surface area contributed by atoms with Crippen molar-refractivity contribution in [3.63, 3.8) is 0 Å². The predicted molar refractivity (Wildman–Crippen MR) is 109 cm³/mol. The van der Waals surface area contributed by atoms with Gasteiger partial charge in [0.1, 0.15) is 11.4 Å². The molecule has 0 saturated heterocycles. The van der Waals surface area contributed by atoms with E-state index in [1.165, 1.54) is 23.9 Å². The van der Waals surface area contributed by atoms with E-state index in [1.807, 2.05) is 30.5 Å². The second-order valence-electron chi connectivity index (χ2n) is 7.72. The zero-order chi connectivity index (χ0) is 21.2. The molecular weight excluding hydrogens is 391 g/mol. The minimum absolute atomic E-state index is 0.0347. The Morgan fingerprint density at radius 2 is 2.07 bits per heavy atom. The zero-order valence-corrected chi connectivity index (χ0v) is 17.8. The van der Waals surface area contributed by atoms with E-state index in [9.17, 15) is 14.4 Å². The summed E-state index contributed by atoms with van der Waals surface area (Å²) in [5, 5.41) is 21.4. The zero-order valence-electron chi connectivity index (χ0n) is 17.0. The first-order valence-electron chi connectivity index (χ1n) is 9.48. The lowest BCUT2D eigenvalue weighted by molar-refractivity contribution is -0.119. The third-order valence-corrected chi connectivity index (χ3v) is 6.18. The predicted octanol–water partition coefficient (Wildman–Crippen LogP) is 2.93. The molecule has 3 rings (SSSR count). The molecular formula is C20H25FN6OS. The average molecular weight is 417 g/mol. The van der Waals surface area contributed by atoms with Crippen molar-refractivity contribution in [2.24, 2.45) is 5.92 Å². The topological polar surface area (TPSA) is 86.8 Å². The fourth-order valence-electron chi connectivity index (χ4n) is 3.05. The second kappa shape index (κ2) is 8.51. The lowest BCUT2D eigenvalue weighted by Gasteiger charge is -2.23. The van der Waals surface area contributed by atoms with Crippen LogP contribution in [0.4, 0.5) is 4.39 Å². The quantitative estimate of drug-likeness (QED) is 0.666. The van der Waals surface area contributed by atoms with Crippen molar-refractivity contribution in [1.29, 1.82) is 5.26 Å². The van der Waals surface area contributed by atoms with Crippen LogP contribution < -0.4 is 5.32 Å². The van der Waals surface area contributed by atoms with Crippen LogP contribution in [0.1, 0.15) is 38.6 Å². The molecule has 0 aliphatic heterocycles. The average Bonchev–Trinajstić information content (AvgIpc) is 3.47. The Labute approximate surface area is 174 Å². The number of aromatic nitrogens is 3. The smallest absolute Gasteiger partial charge is 0.231 e. The Morgan fingerprint density at radius 1 is 1.41 bits per heavy atom. The normalized spacial score (nSPS) is 16.9. The van der Waals surface area contributed by atoms with Gasteiger partial charge in [0.05, 0.1) is 17.9 Å². The Morgan fingerprint density at radius 3 is 2.62 bits per heavy atom. The Hall–Kier alpha value is -2.44. The van der Waals surface area contributed by atoms with Crippen LogP contribution in [0.3, 0.4) is 0 Å². The molecule has 0 spiro atoms. The highest BCUT2D eigenvalue weighted by atomic mass is 32.2. The number of nitrogens with one attached hydrogen (secondary N) is 1. The maximum Gasteiger partial charge on any atom is 0.231 e. The van der Waals surface area contributed by atoms with Crippen molar-refractivity contribution < 1.29 is 9.18 Å². The van der Waals surface area contributed by atoms with Gasteiger partial charge in [-0.1, -0.05) is 11.8 Å². The van der Waals surface area contributed by atoms with Gasteiger partial charge in [0.15, 0.2) is 11.0 Å². The van der Waals surface area contributed by atoms with Crippen molar-refractivity contribution in [3.05, 3.63) is 35.9 Å². The van der Waals surface area contributed by atoms with E-state index in [1.54, 1.807) is 19.1 Å². The van der Waals surface area contributed by atoms with Gasteiger partial charge >= 0.3 is 0 Å². The number of halogens is 1. The van der Waals surface area contributed by atoms with E-state index in [0.29, 0.717) is 11.0 Å². The van der Waals surface area contributed by atoms with Crippen molar-refractivity contribution >= 4 is 17.7 Å². The molecule has 1 aromatic heterocycles. The maximum atomic E-state index is 13.4. The number of benzene rings is 1. The summed E-state index contributed by atoms with van der Waals surface area (Å²) in [6.07, 6.45) is 1.92. The summed E-state index contributed by atoms with van der Waals surface area (Å²) in [6, 6.07) is 8.28. The molecule has 1 fully saturated rings. The number of hydrogen-bond acceptors (Lipinski definition) is 6. The molecule has 1 amide bonds. The van der Waals surface area contributed by atoms with Crippen molar-refractivity contribution in [2.45, 2.75) is 43.4 Å². The van der Waals surface area contributed by atoms with E-state index < -0.39 is 5.54 Å². The van der Waals surface area contributed by atoms with Crippen LogP contribution >= 0.6 is 11.8 Å². The van der Waals surface area contributed by atoms with E-state index in [2.05, 4.69) is 21.6 Å². The highest BCUT2D eigenvalue weighted by Crippen LogP contribution is 2.39. The maximum absolute atomic E-state index is 13.4. The van der Waals surface area contributed by atoms with Gasteiger partial charge in [-0.2, -0.15) is 5.26 Å². The van der Waals surface area contributed by atoms with Gasteiger partial charge in [-0.25, -0.2) is 4.39 Å². The van der Waals surface area contributed by atoms with Gasteiger partial charge in [-0.05, 0) is 71.0 Å². The molecule has 1 aliphatic rings. The number of carbonyl (C=O) groups excluding carboxylic acids is 1. The fraction of sp³-hybridized carbons (Fsp3) is 0.500. The summed E-state index contributed by atoms with van der Waals surface area (Å²) >= 11 is 1.24. The molecule has 7 nitrogen and oxygen atoms in total. The Balaban J connectivity index is 1.81. The van der Waals surface area contributed by atoms with Crippen LogP contribution in [0.2, 0.25) is 0 Å². The van der Waals surface area contributed by atoms with Gasteiger partial charge in [-0.15, -0.1) is 10.2 Å². The minimum atomic E-state index is -0.827. The Kier molecular flexibility index (Phi) is 6.24. The second-order valence-corrected chi connectivity index (χ2v) is 8.66. The molecule has 0 bridgehead atoms. The Bertz CT molecular complexity index is 918. The summed E-state index contributed by atoms with van der Waals surface area (Å²) in [5.41, 5.74) is -0.102. The van der Waals surface area contributed by atoms with Gasteiger partial charge < -0.3 is 5.32 Å². The first kappa shape index (κ1) is 21.3. The number of carbonyl (C=O) groups is 1. The minimum Gasteiger partial charge on any atom is -0.337 e. The van der Waals surface area contributed by atoms with Crippen molar-refractivity contribution in [1.82, 2.24) is 25.0 Å². The van der Waals surface area contributed by atoms with Crippen molar-refractivity contribution in [3.8, 4) is 11.8 Å². The summed E-state index contributed by atoms with van der Waals surface area (Å²) in [5.74, 6) is 0.483. The van der Waals surface area contributed by atoms with Gasteiger partial charge in [0, 0.05) is 5.69 Å². The number of nitrogens with zero attached hydrogens (tertiary/aromatic N) is 5. The van der Waals surface area contributed by atoms with Crippen LogP contribution in [0, 0.1) is 23.1 Å². The van der Waals surface area contributed by atoms with Gasteiger partial charge in [-0.3, -0.25) is 14.3 Å². The lowest BCUT2D eigenvalue weighted by atomic mass is 9.98. The van der Waals surface area contributed by atoms with Crippen LogP contribution in [0.15, 0.2) is 29.4 Å². The number of thioether (sulfide) groups is 1. The number of hydrogen-bond donors (Lipinski definition) is 1. The highest BCUT2D eigenvalue weighted by molar-refractivity contribution is 7.99. The molecule has 1 saturated carbocycles. The first-order valence-corrected chi connectivity index (χ1v) is 10.5. The number of amides is 1. The molecule has 1 aromatic carbocycles. The summed E-state index contributed by atoms with van der Waals surface area (Å²) < 4.78 is 15.2. The largest absolute Gasteiger partial charge is 0.337 e. The van der Waals surface area contributed by atoms with E-state index in [4.69, 9.17) is 0 Å². The van der Waals surface area contributed by atoms with Gasteiger partial charge in [0.25, 0.3) is 0 Å². The fourth-order valence-corrected chi connectivity index (χ4v) is 3.81. The molecule has 9 heteroatoms. The lowest BCUT2D eigenvalue weighted by Crippen LogP contribution is -2.47. The summed E-state index contributed by atoms with van der Waals surface area (Å²) in [6.45, 7) is 3.77.